The Kier molecular flexibility index (Phi) is 8.23. The highest BCUT2D eigenvalue weighted by Crippen LogP contribution is 2.34. The summed E-state index contributed by atoms with van der Waals surface area (Å²) in [5.41, 5.74) is 2.00. The van der Waals surface area contributed by atoms with E-state index >= 15 is 0 Å². The van der Waals surface area contributed by atoms with Gasteiger partial charge in [0, 0.05) is 50.9 Å². The van der Waals surface area contributed by atoms with E-state index < -0.39 is 11.7 Å². The van der Waals surface area contributed by atoms with Crippen molar-refractivity contribution in [1.29, 1.82) is 0 Å². The summed E-state index contributed by atoms with van der Waals surface area (Å²) in [6, 6.07) is 12.1. The molecule has 3 aromatic rings. The molecule has 0 amide bonds. The number of anilines is 1. The van der Waals surface area contributed by atoms with E-state index in [2.05, 4.69) is 16.7 Å². The summed E-state index contributed by atoms with van der Waals surface area (Å²) in [5, 5.41) is 4.80. The number of alkyl halides is 3. The highest BCUT2D eigenvalue weighted by molar-refractivity contribution is 5.56. The standard InChI is InChI=1S/C28H35F4N5/c1-5-34-13-15-35(16-14-34)27-25(21(4)33-37(27)24-11-8-10-23(29)17-24)19-36(20(2)3)18-22-9-6-7-12-26(22)28(30,31)32/h6-12,17,20H,5,13-16,18-19H2,1-4H3. The van der Waals surface area contributed by atoms with Gasteiger partial charge in [0.1, 0.15) is 11.6 Å². The minimum Gasteiger partial charge on any atom is -0.354 e. The Morgan fingerprint density at radius 3 is 2.30 bits per heavy atom. The minimum absolute atomic E-state index is 0.0111. The summed E-state index contributed by atoms with van der Waals surface area (Å²) in [6.45, 7) is 13.0. The van der Waals surface area contributed by atoms with Gasteiger partial charge >= 0.3 is 6.18 Å². The van der Waals surface area contributed by atoms with Crippen molar-refractivity contribution in [2.24, 2.45) is 0 Å². The van der Waals surface area contributed by atoms with Crippen LogP contribution in [0.5, 0.6) is 0 Å². The number of nitrogens with zero attached hydrogens (tertiary/aromatic N) is 5. The lowest BCUT2D eigenvalue weighted by atomic mass is 10.0. The maximum atomic E-state index is 14.2. The molecular weight excluding hydrogens is 482 g/mol. The maximum Gasteiger partial charge on any atom is 0.416 e. The van der Waals surface area contributed by atoms with Crippen molar-refractivity contribution in [3.8, 4) is 5.69 Å². The first-order valence-electron chi connectivity index (χ1n) is 12.8. The Bertz CT molecular complexity index is 1200. The molecule has 0 saturated carbocycles. The quantitative estimate of drug-likeness (QED) is 0.348. The number of rotatable bonds is 8. The predicted molar refractivity (Wildman–Crippen MR) is 138 cm³/mol. The lowest BCUT2D eigenvalue weighted by Crippen LogP contribution is -2.47. The van der Waals surface area contributed by atoms with Crippen LogP contribution in [0.3, 0.4) is 0 Å². The van der Waals surface area contributed by atoms with E-state index in [9.17, 15) is 17.6 Å². The molecule has 0 radical (unpaired) electrons. The van der Waals surface area contributed by atoms with Crippen LogP contribution in [0.4, 0.5) is 23.4 Å². The van der Waals surface area contributed by atoms with Crippen LogP contribution < -0.4 is 4.90 Å². The molecule has 200 valence electrons. The molecule has 5 nitrogen and oxygen atoms in total. The number of aryl methyl sites for hydroxylation is 1. The van der Waals surface area contributed by atoms with Gasteiger partial charge in [0.15, 0.2) is 0 Å². The van der Waals surface area contributed by atoms with Crippen LogP contribution in [-0.2, 0) is 19.3 Å². The van der Waals surface area contributed by atoms with E-state index in [4.69, 9.17) is 5.10 Å². The molecule has 1 saturated heterocycles. The fraction of sp³-hybridized carbons (Fsp3) is 0.464. The summed E-state index contributed by atoms with van der Waals surface area (Å²) in [5.74, 6) is 0.537. The molecule has 1 aliphatic rings. The van der Waals surface area contributed by atoms with Crippen LogP contribution >= 0.6 is 0 Å². The highest BCUT2D eigenvalue weighted by atomic mass is 19.4. The molecule has 0 N–H and O–H groups in total. The molecule has 1 aliphatic heterocycles. The maximum absolute atomic E-state index is 14.2. The number of aromatic nitrogens is 2. The number of halogens is 4. The first-order chi connectivity index (χ1) is 17.6. The molecule has 1 aromatic heterocycles. The second-order valence-electron chi connectivity index (χ2n) is 9.85. The van der Waals surface area contributed by atoms with Gasteiger partial charge in [-0.15, -0.1) is 0 Å². The van der Waals surface area contributed by atoms with E-state index in [0.29, 0.717) is 12.2 Å². The minimum atomic E-state index is -4.42. The molecule has 2 aromatic carbocycles. The van der Waals surface area contributed by atoms with E-state index in [-0.39, 0.29) is 24.0 Å². The summed E-state index contributed by atoms with van der Waals surface area (Å²) >= 11 is 0. The van der Waals surface area contributed by atoms with Crippen LogP contribution in [-0.4, -0.2) is 58.3 Å². The zero-order chi connectivity index (χ0) is 26.7. The number of hydrogen-bond acceptors (Lipinski definition) is 4. The Labute approximate surface area is 216 Å². The Hall–Kier alpha value is -2.91. The van der Waals surface area contributed by atoms with Crippen LogP contribution in [0.1, 0.15) is 43.2 Å². The van der Waals surface area contributed by atoms with Gasteiger partial charge in [0.2, 0.25) is 0 Å². The molecule has 0 aliphatic carbocycles. The molecule has 2 heterocycles. The normalized spacial score (nSPS) is 15.2. The number of benzene rings is 2. The van der Waals surface area contributed by atoms with Crippen molar-refractivity contribution in [2.75, 3.05) is 37.6 Å². The summed E-state index contributed by atoms with van der Waals surface area (Å²) < 4.78 is 57.1. The van der Waals surface area contributed by atoms with Gasteiger partial charge in [0.25, 0.3) is 0 Å². The molecule has 37 heavy (non-hydrogen) atoms. The topological polar surface area (TPSA) is 27.5 Å². The average molecular weight is 518 g/mol. The predicted octanol–water partition coefficient (Wildman–Crippen LogP) is 5.89. The molecular formula is C28H35F4N5. The smallest absolute Gasteiger partial charge is 0.354 e. The van der Waals surface area contributed by atoms with Gasteiger partial charge in [-0.05, 0) is 57.1 Å². The van der Waals surface area contributed by atoms with E-state index in [1.807, 2.05) is 31.7 Å². The number of hydrogen-bond donors (Lipinski definition) is 0. The highest BCUT2D eigenvalue weighted by Gasteiger charge is 2.34. The Morgan fingerprint density at radius 2 is 1.68 bits per heavy atom. The largest absolute Gasteiger partial charge is 0.416 e. The van der Waals surface area contributed by atoms with E-state index in [1.54, 1.807) is 22.9 Å². The fourth-order valence-electron chi connectivity index (χ4n) is 4.90. The van der Waals surface area contributed by atoms with Gasteiger partial charge < -0.3 is 9.80 Å². The van der Waals surface area contributed by atoms with Gasteiger partial charge in [-0.1, -0.05) is 31.2 Å². The second-order valence-corrected chi connectivity index (χ2v) is 9.85. The van der Waals surface area contributed by atoms with Crippen LogP contribution in [0, 0.1) is 12.7 Å². The third-order valence-corrected chi connectivity index (χ3v) is 7.12. The zero-order valence-corrected chi connectivity index (χ0v) is 21.9. The number of piperazine rings is 1. The monoisotopic (exact) mass is 517 g/mol. The molecule has 0 atom stereocenters. The lowest BCUT2D eigenvalue weighted by molar-refractivity contribution is -0.138. The summed E-state index contributed by atoms with van der Waals surface area (Å²) in [4.78, 5) is 6.69. The average Bonchev–Trinajstić information content (AvgIpc) is 3.19. The molecule has 0 unspecified atom stereocenters. The van der Waals surface area contributed by atoms with Crippen molar-refractivity contribution in [1.82, 2.24) is 19.6 Å². The third kappa shape index (κ3) is 6.15. The SMILES string of the molecule is CCN1CCN(c2c(CN(Cc3ccccc3C(F)(F)F)C(C)C)c(C)nn2-c2cccc(F)c2)CC1. The van der Waals surface area contributed by atoms with Gasteiger partial charge in [-0.3, -0.25) is 4.90 Å². The van der Waals surface area contributed by atoms with Crippen LogP contribution in [0.15, 0.2) is 48.5 Å². The Morgan fingerprint density at radius 1 is 0.973 bits per heavy atom. The van der Waals surface area contributed by atoms with Crippen molar-refractivity contribution in [3.63, 3.8) is 0 Å². The lowest BCUT2D eigenvalue weighted by Gasteiger charge is -2.37. The van der Waals surface area contributed by atoms with Crippen LogP contribution in [0.25, 0.3) is 5.69 Å². The molecule has 0 spiro atoms. The molecule has 0 bridgehead atoms. The van der Waals surface area contributed by atoms with Gasteiger partial charge in [-0.25, -0.2) is 9.07 Å². The summed E-state index contributed by atoms with van der Waals surface area (Å²) in [6.07, 6.45) is -4.42. The first kappa shape index (κ1) is 27.1. The molecule has 4 rings (SSSR count). The van der Waals surface area contributed by atoms with Gasteiger partial charge in [0.05, 0.1) is 16.9 Å². The van der Waals surface area contributed by atoms with Crippen molar-refractivity contribution < 1.29 is 17.6 Å². The second kappa shape index (κ2) is 11.2. The van der Waals surface area contributed by atoms with Crippen molar-refractivity contribution >= 4 is 5.82 Å². The van der Waals surface area contributed by atoms with Crippen molar-refractivity contribution in [3.05, 3.63) is 76.7 Å². The Balaban J connectivity index is 1.73. The fourth-order valence-corrected chi connectivity index (χ4v) is 4.90. The molecule has 1 fully saturated rings. The molecule has 9 heteroatoms. The van der Waals surface area contributed by atoms with E-state index in [1.165, 1.54) is 18.2 Å². The van der Waals surface area contributed by atoms with Crippen LogP contribution in [0.2, 0.25) is 0 Å². The summed E-state index contributed by atoms with van der Waals surface area (Å²) in [7, 11) is 0. The number of likely N-dealkylation sites (N-methyl/N-ethyl adjacent to an activating group) is 1. The third-order valence-electron chi connectivity index (χ3n) is 7.12. The zero-order valence-electron chi connectivity index (χ0n) is 21.9. The first-order valence-corrected chi connectivity index (χ1v) is 12.8. The van der Waals surface area contributed by atoms with Crippen molar-refractivity contribution in [2.45, 2.75) is 53.0 Å². The van der Waals surface area contributed by atoms with Gasteiger partial charge in [-0.2, -0.15) is 18.3 Å². The van der Waals surface area contributed by atoms with E-state index in [0.717, 1.165) is 55.9 Å².